The van der Waals surface area contributed by atoms with Crippen molar-refractivity contribution in [3.63, 3.8) is 0 Å². The van der Waals surface area contributed by atoms with E-state index in [4.69, 9.17) is 0 Å². The zero-order chi connectivity index (χ0) is 14.0. The summed E-state index contributed by atoms with van der Waals surface area (Å²) >= 11 is 0. The van der Waals surface area contributed by atoms with Crippen LogP contribution < -0.4 is 4.72 Å². The second-order valence-electron chi connectivity index (χ2n) is 4.00. The Labute approximate surface area is 109 Å². The lowest BCUT2D eigenvalue weighted by atomic mass is 10.2. The highest BCUT2D eigenvalue weighted by molar-refractivity contribution is 7.92. The average Bonchev–Trinajstić information content (AvgIpc) is 2.37. The molecule has 0 radical (unpaired) electrons. The molecule has 0 saturated heterocycles. The minimum atomic E-state index is -3.92. The predicted octanol–water partition coefficient (Wildman–Crippen LogP) is 3.07. The molecule has 0 bridgehead atoms. The van der Waals surface area contributed by atoms with E-state index >= 15 is 0 Å². The van der Waals surface area contributed by atoms with Crippen molar-refractivity contribution in [3.8, 4) is 0 Å². The highest BCUT2D eigenvalue weighted by atomic mass is 32.2. The molecule has 0 aliphatic carbocycles. The fourth-order valence-corrected chi connectivity index (χ4v) is 2.61. The van der Waals surface area contributed by atoms with Crippen molar-refractivity contribution in [2.45, 2.75) is 11.8 Å². The second-order valence-corrected chi connectivity index (χ2v) is 5.68. The average molecular weight is 283 g/mol. The smallest absolute Gasteiger partial charge is 0.261 e. The number of hydrogen-bond acceptors (Lipinski definition) is 2. The van der Waals surface area contributed by atoms with Crippen molar-refractivity contribution in [2.75, 3.05) is 4.72 Å². The van der Waals surface area contributed by atoms with Gasteiger partial charge in [-0.1, -0.05) is 18.2 Å². The van der Waals surface area contributed by atoms with Gasteiger partial charge in [0.25, 0.3) is 10.0 Å². The molecule has 0 aliphatic rings. The van der Waals surface area contributed by atoms with Crippen LogP contribution in [0, 0.1) is 18.6 Å². The standard InChI is InChI=1S/C13H11F2NO2S/c1-9-7-12(15)13(8-11(9)14)16-19(17,18)10-5-3-2-4-6-10/h2-8,16H,1H3. The lowest BCUT2D eigenvalue weighted by Gasteiger charge is -2.09. The van der Waals surface area contributed by atoms with Crippen LogP contribution in [0.25, 0.3) is 0 Å². The SMILES string of the molecule is Cc1cc(F)c(NS(=O)(=O)c2ccccc2)cc1F. The molecule has 0 aromatic heterocycles. The lowest BCUT2D eigenvalue weighted by Crippen LogP contribution is -2.14. The maximum Gasteiger partial charge on any atom is 0.261 e. The summed E-state index contributed by atoms with van der Waals surface area (Å²) in [6, 6.07) is 9.24. The fraction of sp³-hybridized carbons (Fsp3) is 0.0769. The van der Waals surface area contributed by atoms with Gasteiger partial charge in [0.15, 0.2) is 0 Å². The quantitative estimate of drug-likeness (QED) is 0.941. The Bertz CT molecular complexity index is 700. The van der Waals surface area contributed by atoms with Crippen LogP contribution in [0.5, 0.6) is 0 Å². The molecule has 3 nitrogen and oxygen atoms in total. The highest BCUT2D eigenvalue weighted by Gasteiger charge is 2.17. The molecular formula is C13H11F2NO2S. The Hall–Kier alpha value is -1.95. The first-order valence-electron chi connectivity index (χ1n) is 5.43. The van der Waals surface area contributed by atoms with Crippen LogP contribution in [0.15, 0.2) is 47.4 Å². The van der Waals surface area contributed by atoms with E-state index in [2.05, 4.69) is 0 Å². The van der Waals surface area contributed by atoms with Gasteiger partial charge in [0.2, 0.25) is 0 Å². The molecule has 2 aromatic carbocycles. The van der Waals surface area contributed by atoms with Crippen LogP contribution in [0.2, 0.25) is 0 Å². The molecule has 0 heterocycles. The molecule has 0 fully saturated rings. The third kappa shape index (κ3) is 2.90. The maximum absolute atomic E-state index is 13.6. The molecule has 0 spiro atoms. The summed E-state index contributed by atoms with van der Waals surface area (Å²) < 4.78 is 52.8. The van der Waals surface area contributed by atoms with Gasteiger partial charge in [0.05, 0.1) is 10.6 Å². The number of aryl methyl sites for hydroxylation is 1. The summed E-state index contributed by atoms with van der Waals surface area (Å²) in [4.78, 5) is -0.0182. The second kappa shape index (κ2) is 4.97. The molecule has 0 saturated carbocycles. The number of rotatable bonds is 3. The van der Waals surface area contributed by atoms with Crippen LogP contribution in [-0.2, 0) is 10.0 Å². The first-order valence-corrected chi connectivity index (χ1v) is 6.92. The molecule has 0 atom stereocenters. The normalized spacial score (nSPS) is 11.3. The number of hydrogen-bond donors (Lipinski definition) is 1. The van der Waals surface area contributed by atoms with E-state index in [1.807, 2.05) is 4.72 Å². The van der Waals surface area contributed by atoms with Gasteiger partial charge in [-0.05, 0) is 30.7 Å². The van der Waals surface area contributed by atoms with E-state index in [1.165, 1.54) is 19.1 Å². The van der Waals surface area contributed by atoms with Crippen molar-refractivity contribution in [3.05, 3.63) is 59.7 Å². The van der Waals surface area contributed by atoms with E-state index in [9.17, 15) is 17.2 Å². The molecule has 6 heteroatoms. The third-order valence-electron chi connectivity index (χ3n) is 2.55. The lowest BCUT2D eigenvalue weighted by molar-refractivity contribution is 0.590. The number of anilines is 1. The van der Waals surface area contributed by atoms with Crippen LogP contribution in [0.1, 0.15) is 5.56 Å². The van der Waals surface area contributed by atoms with Gasteiger partial charge in [-0.25, -0.2) is 17.2 Å². The number of halogens is 2. The number of nitrogens with one attached hydrogen (secondary N) is 1. The molecular weight excluding hydrogens is 272 g/mol. The zero-order valence-corrected chi connectivity index (χ0v) is 10.8. The largest absolute Gasteiger partial charge is 0.277 e. The first kappa shape index (κ1) is 13.5. The zero-order valence-electron chi connectivity index (χ0n) is 10.0. The Kier molecular flexibility index (Phi) is 3.53. The third-order valence-corrected chi connectivity index (χ3v) is 3.93. The maximum atomic E-state index is 13.6. The van der Waals surface area contributed by atoms with Crippen LogP contribution in [0.3, 0.4) is 0 Å². The molecule has 1 N–H and O–H groups in total. The molecule has 2 aromatic rings. The predicted molar refractivity (Wildman–Crippen MR) is 68.3 cm³/mol. The fourth-order valence-electron chi connectivity index (χ4n) is 1.53. The Morgan fingerprint density at radius 1 is 1.00 bits per heavy atom. The molecule has 19 heavy (non-hydrogen) atoms. The molecule has 0 unspecified atom stereocenters. The van der Waals surface area contributed by atoms with Gasteiger partial charge in [0, 0.05) is 6.07 Å². The van der Waals surface area contributed by atoms with Gasteiger partial charge in [0.1, 0.15) is 11.6 Å². The van der Waals surface area contributed by atoms with E-state index < -0.39 is 27.3 Å². The van der Waals surface area contributed by atoms with Gasteiger partial charge < -0.3 is 0 Å². The summed E-state index contributed by atoms with van der Waals surface area (Å²) in [5.41, 5.74) is -0.299. The first-order chi connectivity index (χ1) is 8.90. The van der Waals surface area contributed by atoms with E-state index in [0.717, 1.165) is 12.1 Å². The topological polar surface area (TPSA) is 46.2 Å². The minimum absolute atomic E-state index is 0.0182. The summed E-state index contributed by atoms with van der Waals surface area (Å²) in [6.45, 7) is 1.40. The summed E-state index contributed by atoms with van der Waals surface area (Å²) in [6.07, 6.45) is 0. The summed E-state index contributed by atoms with van der Waals surface area (Å²) in [5.74, 6) is -1.49. The van der Waals surface area contributed by atoms with Gasteiger partial charge in [-0.2, -0.15) is 0 Å². The molecule has 0 aliphatic heterocycles. The van der Waals surface area contributed by atoms with Crippen molar-refractivity contribution in [1.29, 1.82) is 0 Å². The van der Waals surface area contributed by atoms with E-state index in [0.29, 0.717) is 0 Å². The highest BCUT2D eigenvalue weighted by Crippen LogP contribution is 2.22. The van der Waals surface area contributed by atoms with Crippen LogP contribution in [-0.4, -0.2) is 8.42 Å². The van der Waals surface area contributed by atoms with Crippen LogP contribution >= 0.6 is 0 Å². The van der Waals surface area contributed by atoms with Crippen molar-refractivity contribution < 1.29 is 17.2 Å². The van der Waals surface area contributed by atoms with E-state index in [-0.39, 0.29) is 10.5 Å². The van der Waals surface area contributed by atoms with Gasteiger partial charge in [-0.3, -0.25) is 4.72 Å². The van der Waals surface area contributed by atoms with Crippen molar-refractivity contribution in [2.24, 2.45) is 0 Å². The van der Waals surface area contributed by atoms with Crippen LogP contribution in [0.4, 0.5) is 14.5 Å². The molecule has 2 rings (SSSR count). The number of benzene rings is 2. The van der Waals surface area contributed by atoms with Gasteiger partial charge in [-0.15, -0.1) is 0 Å². The van der Waals surface area contributed by atoms with Crippen molar-refractivity contribution in [1.82, 2.24) is 0 Å². The molecule has 0 amide bonds. The monoisotopic (exact) mass is 283 g/mol. The summed E-state index contributed by atoms with van der Waals surface area (Å²) in [5, 5.41) is 0. The van der Waals surface area contributed by atoms with Crippen molar-refractivity contribution >= 4 is 15.7 Å². The molecule has 100 valence electrons. The Balaban J connectivity index is 2.39. The minimum Gasteiger partial charge on any atom is -0.277 e. The van der Waals surface area contributed by atoms with Gasteiger partial charge >= 0.3 is 0 Å². The Morgan fingerprint density at radius 2 is 1.63 bits per heavy atom. The Morgan fingerprint density at radius 3 is 2.26 bits per heavy atom. The van der Waals surface area contributed by atoms with E-state index in [1.54, 1.807) is 18.2 Å². The summed E-state index contributed by atoms with van der Waals surface area (Å²) in [7, 11) is -3.92. The number of sulfonamides is 1.